The monoisotopic (exact) mass is 312 g/mol. The largest absolute Gasteiger partial charge is 0.335 e. The molecule has 0 radical (unpaired) electrons. The van der Waals surface area contributed by atoms with Crippen LogP contribution in [0, 0.1) is 11.8 Å². The molecule has 5 nitrogen and oxygen atoms in total. The highest BCUT2D eigenvalue weighted by molar-refractivity contribution is 5.90. The molecule has 1 saturated carbocycles. The number of aromatic nitrogens is 3. The van der Waals surface area contributed by atoms with Crippen molar-refractivity contribution in [3.63, 3.8) is 0 Å². The summed E-state index contributed by atoms with van der Waals surface area (Å²) < 4.78 is 15.9. The molecule has 23 heavy (non-hydrogen) atoms. The van der Waals surface area contributed by atoms with Crippen molar-refractivity contribution in [1.29, 1.82) is 0 Å². The van der Waals surface area contributed by atoms with E-state index in [9.17, 15) is 9.18 Å². The highest BCUT2D eigenvalue weighted by Gasteiger charge is 2.47. The van der Waals surface area contributed by atoms with Gasteiger partial charge in [0.05, 0.1) is 6.04 Å². The van der Waals surface area contributed by atoms with Crippen LogP contribution in [0.5, 0.6) is 0 Å². The van der Waals surface area contributed by atoms with Gasteiger partial charge in [-0.3, -0.25) is 4.79 Å². The number of hydrogen-bond donors (Lipinski definition) is 0. The van der Waals surface area contributed by atoms with Crippen molar-refractivity contribution >= 4 is 5.91 Å². The van der Waals surface area contributed by atoms with E-state index in [1.165, 1.54) is 6.42 Å². The van der Waals surface area contributed by atoms with Gasteiger partial charge in [0.2, 0.25) is 5.82 Å². The molecule has 0 N–H and O–H groups in total. The van der Waals surface area contributed by atoms with Crippen LogP contribution in [0.4, 0.5) is 4.39 Å². The summed E-state index contributed by atoms with van der Waals surface area (Å²) in [5, 5.41) is 4.36. The van der Waals surface area contributed by atoms with Crippen molar-refractivity contribution < 1.29 is 9.18 Å². The smallest absolute Gasteiger partial charge is 0.293 e. The van der Waals surface area contributed by atoms with Gasteiger partial charge in [0.1, 0.15) is 0 Å². The molecule has 1 aromatic carbocycles. The van der Waals surface area contributed by atoms with Crippen molar-refractivity contribution in [2.45, 2.75) is 25.1 Å². The Kier molecular flexibility index (Phi) is 2.66. The summed E-state index contributed by atoms with van der Waals surface area (Å²) in [7, 11) is 0. The van der Waals surface area contributed by atoms with Crippen LogP contribution in [-0.2, 0) is 0 Å². The van der Waals surface area contributed by atoms with E-state index < -0.39 is 6.17 Å². The van der Waals surface area contributed by atoms with Crippen molar-refractivity contribution in [3.8, 4) is 0 Å². The van der Waals surface area contributed by atoms with Crippen molar-refractivity contribution in [2.75, 3.05) is 13.1 Å². The molecule has 1 saturated heterocycles. The van der Waals surface area contributed by atoms with E-state index in [0.717, 1.165) is 18.7 Å². The number of hydrogen-bond acceptors (Lipinski definition) is 3. The second-order valence-corrected chi connectivity index (χ2v) is 6.83. The molecule has 2 fully saturated rings. The van der Waals surface area contributed by atoms with Crippen LogP contribution in [0.2, 0.25) is 0 Å². The van der Waals surface area contributed by atoms with Gasteiger partial charge in [-0.05, 0) is 23.8 Å². The second kappa shape index (κ2) is 4.63. The fourth-order valence-electron chi connectivity index (χ4n) is 3.93. The third-order valence-electron chi connectivity index (χ3n) is 5.30. The zero-order chi connectivity index (χ0) is 15.6. The molecule has 5 rings (SSSR count). The first-order valence-corrected chi connectivity index (χ1v) is 8.15. The standard InChI is InChI=1S/C17H17FN4O/c18-13-7-14(10-4-2-1-3-5-10)22-16(13)19-15(20-22)17(23)21-8-11-6-12(11)9-21/h1-5,11-14H,6-9H2. The van der Waals surface area contributed by atoms with Gasteiger partial charge in [-0.1, -0.05) is 30.3 Å². The van der Waals surface area contributed by atoms with Gasteiger partial charge in [-0.2, -0.15) is 0 Å². The molecular weight excluding hydrogens is 295 g/mol. The Labute approximate surface area is 133 Å². The average molecular weight is 312 g/mol. The molecule has 4 unspecified atom stereocenters. The van der Waals surface area contributed by atoms with Gasteiger partial charge in [0, 0.05) is 19.5 Å². The number of likely N-dealkylation sites (tertiary alicyclic amines) is 1. The number of benzene rings is 1. The van der Waals surface area contributed by atoms with Gasteiger partial charge in [-0.15, -0.1) is 5.10 Å². The van der Waals surface area contributed by atoms with Gasteiger partial charge in [-0.25, -0.2) is 14.1 Å². The summed E-state index contributed by atoms with van der Waals surface area (Å²) in [4.78, 5) is 18.6. The minimum Gasteiger partial charge on any atom is -0.335 e. The summed E-state index contributed by atoms with van der Waals surface area (Å²) in [6.45, 7) is 1.60. The van der Waals surface area contributed by atoms with Crippen LogP contribution in [0.15, 0.2) is 30.3 Å². The average Bonchev–Trinajstić information content (AvgIpc) is 2.94. The topological polar surface area (TPSA) is 51.0 Å². The molecule has 4 atom stereocenters. The van der Waals surface area contributed by atoms with E-state index in [2.05, 4.69) is 10.1 Å². The van der Waals surface area contributed by atoms with Crippen LogP contribution in [0.1, 0.15) is 47.1 Å². The van der Waals surface area contributed by atoms with Gasteiger partial charge < -0.3 is 4.90 Å². The Balaban J connectivity index is 1.46. The fraction of sp³-hybridized carbons (Fsp3) is 0.471. The number of carbonyl (C=O) groups is 1. The van der Waals surface area contributed by atoms with Crippen LogP contribution < -0.4 is 0 Å². The van der Waals surface area contributed by atoms with Crippen molar-refractivity contribution in [3.05, 3.63) is 47.5 Å². The highest BCUT2D eigenvalue weighted by atomic mass is 19.1. The Morgan fingerprint density at radius 1 is 1.13 bits per heavy atom. The maximum absolute atomic E-state index is 14.3. The quantitative estimate of drug-likeness (QED) is 0.855. The van der Waals surface area contributed by atoms with E-state index in [-0.39, 0.29) is 23.6 Å². The van der Waals surface area contributed by atoms with Gasteiger partial charge >= 0.3 is 0 Å². The summed E-state index contributed by atoms with van der Waals surface area (Å²) in [5.41, 5.74) is 1.00. The maximum Gasteiger partial charge on any atom is 0.293 e. The fourth-order valence-corrected chi connectivity index (χ4v) is 3.93. The number of nitrogens with zero attached hydrogens (tertiary/aromatic N) is 4. The second-order valence-electron chi connectivity index (χ2n) is 6.83. The molecule has 2 aliphatic heterocycles. The maximum atomic E-state index is 14.3. The Hall–Kier alpha value is -2.24. The minimum absolute atomic E-state index is 0.143. The number of rotatable bonds is 2. The lowest BCUT2D eigenvalue weighted by Gasteiger charge is -2.16. The SMILES string of the molecule is O=C(c1nc2n(n1)C(c1ccccc1)CC2F)N1CC2CC2C1. The number of halogens is 1. The van der Waals surface area contributed by atoms with Crippen LogP contribution in [0.25, 0.3) is 0 Å². The number of piperidine rings is 1. The molecule has 2 aromatic rings. The lowest BCUT2D eigenvalue weighted by molar-refractivity contribution is 0.0762. The summed E-state index contributed by atoms with van der Waals surface area (Å²) in [6, 6.07) is 9.54. The zero-order valence-corrected chi connectivity index (χ0v) is 12.6. The van der Waals surface area contributed by atoms with Crippen LogP contribution >= 0.6 is 0 Å². The van der Waals surface area contributed by atoms with Gasteiger partial charge in [0.25, 0.3) is 5.91 Å². The summed E-state index contributed by atoms with van der Waals surface area (Å²) in [6.07, 6.45) is 0.405. The summed E-state index contributed by atoms with van der Waals surface area (Å²) in [5.74, 6) is 1.60. The third kappa shape index (κ3) is 2.00. The van der Waals surface area contributed by atoms with E-state index in [4.69, 9.17) is 0 Å². The zero-order valence-electron chi connectivity index (χ0n) is 12.6. The molecule has 3 aliphatic rings. The molecule has 0 bridgehead atoms. The van der Waals surface area contributed by atoms with Crippen molar-refractivity contribution in [1.82, 2.24) is 19.7 Å². The normalized spacial score (nSPS) is 31.1. The van der Waals surface area contributed by atoms with E-state index in [0.29, 0.717) is 18.3 Å². The predicted octanol–water partition coefficient (Wildman–Crippen LogP) is 2.37. The van der Waals surface area contributed by atoms with E-state index >= 15 is 0 Å². The lowest BCUT2D eigenvalue weighted by Crippen LogP contribution is -2.31. The molecule has 1 amide bonds. The molecule has 3 heterocycles. The first kappa shape index (κ1) is 13.2. The number of fused-ring (bicyclic) bond motifs is 2. The molecule has 1 aliphatic carbocycles. The first-order chi connectivity index (χ1) is 11.2. The molecule has 6 heteroatoms. The lowest BCUT2D eigenvalue weighted by atomic mass is 10.0. The number of carbonyl (C=O) groups excluding carboxylic acids is 1. The highest BCUT2D eigenvalue weighted by Crippen LogP contribution is 2.45. The minimum atomic E-state index is -1.17. The first-order valence-electron chi connectivity index (χ1n) is 8.15. The number of amides is 1. The van der Waals surface area contributed by atoms with Crippen LogP contribution in [0.3, 0.4) is 0 Å². The third-order valence-corrected chi connectivity index (χ3v) is 5.30. The van der Waals surface area contributed by atoms with E-state index in [1.807, 2.05) is 35.2 Å². The number of alkyl halides is 1. The Morgan fingerprint density at radius 3 is 2.61 bits per heavy atom. The van der Waals surface area contributed by atoms with Gasteiger partial charge in [0.15, 0.2) is 12.0 Å². The van der Waals surface area contributed by atoms with E-state index in [1.54, 1.807) is 4.68 Å². The molecule has 1 aromatic heterocycles. The Morgan fingerprint density at radius 2 is 1.87 bits per heavy atom. The molecule has 0 spiro atoms. The predicted molar refractivity (Wildman–Crippen MR) is 80.6 cm³/mol. The van der Waals surface area contributed by atoms with Crippen molar-refractivity contribution in [2.24, 2.45) is 11.8 Å². The molecular formula is C17H17FN4O. The van der Waals surface area contributed by atoms with Crippen LogP contribution in [-0.4, -0.2) is 38.7 Å². The summed E-state index contributed by atoms with van der Waals surface area (Å²) >= 11 is 0. The molecule has 118 valence electrons. The Bertz CT molecular complexity index is 764.